The van der Waals surface area contributed by atoms with Crippen molar-refractivity contribution in [3.63, 3.8) is 0 Å². The number of rotatable bonds is 7. The van der Waals surface area contributed by atoms with E-state index in [0.29, 0.717) is 6.04 Å². The first kappa shape index (κ1) is 15.0. The van der Waals surface area contributed by atoms with Crippen LogP contribution in [0.1, 0.15) is 37.0 Å². The third kappa shape index (κ3) is 4.58. The van der Waals surface area contributed by atoms with Crippen molar-refractivity contribution in [2.75, 3.05) is 19.1 Å². The fourth-order valence-electron chi connectivity index (χ4n) is 1.74. The number of aromatic nitrogens is 1. The molecule has 0 aliphatic carbocycles. The van der Waals surface area contributed by atoms with Crippen LogP contribution in [0, 0.1) is 0 Å². The second-order valence-electron chi connectivity index (χ2n) is 4.40. The molecular weight excluding hydrogens is 250 g/mol. The number of hydrogen-bond donors (Lipinski definition) is 1. The monoisotopic (exact) mass is 273 g/mol. The van der Waals surface area contributed by atoms with E-state index in [2.05, 4.69) is 35.5 Å². The van der Waals surface area contributed by atoms with Crippen LogP contribution in [0.2, 0.25) is 0 Å². The van der Waals surface area contributed by atoms with Crippen LogP contribution in [0.3, 0.4) is 0 Å². The Morgan fingerprint density at radius 3 is 2.76 bits per heavy atom. The normalized spacial score (nSPS) is 15.2. The Morgan fingerprint density at radius 1 is 1.59 bits per heavy atom. The lowest BCUT2D eigenvalue weighted by molar-refractivity contribution is 0.245. The zero-order chi connectivity index (χ0) is 12.8. The van der Waals surface area contributed by atoms with Gasteiger partial charge in [-0.25, -0.2) is 4.98 Å². The molecule has 2 atom stereocenters. The van der Waals surface area contributed by atoms with Gasteiger partial charge in [0.1, 0.15) is 5.01 Å². The first-order valence-electron chi connectivity index (χ1n) is 5.97. The third-order valence-corrected chi connectivity index (χ3v) is 4.64. The summed E-state index contributed by atoms with van der Waals surface area (Å²) in [6.45, 7) is 5.14. The van der Waals surface area contributed by atoms with E-state index >= 15 is 0 Å². The fourth-order valence-corrected chi connectivity index (χ4v) is 3.38. The minimum absolute atomic E-state index is 0.0484. The Hall–Kier alpha value is -0.100. The van der Waals surface area contributed by atoms with E-state index < -0.39 is 0 Å². The summed E-state index contributed by atoms with van der Waals surface area (Å²) >= 11 is 3.57. The van der Waals surface area contributed by atoms with Crippen molar-refractivity contribution in [2.24, 2.45) is 5.73 Å². The third-order valence-electron chi connectivity index (χ3n) is 2.82. The fraction of sp³-hybridized carbons (Fsp3) is 0.750. The van der Waals surface area contributed by atoms with Crippen LogP contribution in [0.5, 0.6) is 0 Å². The molecule has 3 nitrogen and oxygen atoms in total. The van der Waals surface area contributed by atoms with Crippen LogP contribution in [-0.2, 0) is 6.54 Å². The van der Waals surface area contributed by atoms with Gasteiger partial charge in [0.05, 0.1) is 11.7 Å². The molecule has 0 aliphatic rings. The number of hydrogen-bond acceptors (Lipinski definition) is 5. The molecule has 5 heteroatoms. The zero-order valence-electron chi connectivity index (χ0n) is 11.1. The van der Waals surface area contributed by atoms with Gasteiger partial charge in [0.25, 0.3) is 0 Å². The molecule has 1 rings (SSSR count). The highest BCUT2D eigenvalue weighted by atomic mass is 32.2. The maximum atomic E-state index is 5.82. The van der Waals surface area contributed by atoms with Crippen molar-refractivity contribution >= 4 is 23.1 Å². The lowest BCUT2D eigenvalue weighted by atomic mass is 10.2. The first-order chi connectivity index (χ1) is 8.08. The maximum absolute atomic E-state index is 5.82. The summed E-state index contributed by atoms with van der Waals surface area (Å²) in [7, 11) is 2.18. The molecule has 0 saturated heterocycles. The molecule has 1 aromatic heterocycles. The Labute approximate surface area is 113 Å². The summed E-state index contributed by atoms with van der Waals surface area (Å²) < 4.78 is 0. The van der Waals surface area contributed by atoms with Crippen molar-refractivity contribution in [2.45, 2.75) is 38.9 Å². The Bertz CT molecular complexity index is 325. The first-order valence-corrected chi connectivity index (χ1v) is 8.24. The molecule has 0 amide bonds. The van der Waals surface area contributed by atoms with Gasteiger partial charge in [-0.15, -0.1) is 11.3 Å². The molecule has 0 spiro atoms. The highest BCUT2D eigenvalue weighted by Crippen LogP contribution is 2.18. The summed E-state index contributed by atoms with van der Waals surface area (Å²) in [6.07, 6.45) is 3.34. The van der Waals surface area contributed by atoms with Gasteiger partial charge in [-0.05, 0) is 26.6 Å². The molecule has 2 unspecified atom stereocenters. The molecule has 1 aromatic rings. The molecule has 0 bridgehead atoms. The molecule has 17 heavy (non-hydrogen) atoms. The van der Waals surface area contributed by atoms with E-state index in [1.165, 1.54) is 12.2 Å². The van der Waals surface area contributed by atoms with Crippen LogP contribution < -0.4 is 5.73 Å². The van der Waals surface area contributed by atoms with E-state index in [0.717, 1.165) is 17.2 Å². The van der Waals surface area contributed by atoms with Crippen LogP contribution in [0.4, 0.5) is 0 Å². The van der Waals surface area contributed by atoms with Gasteiger partial charge >= 0.3 is 0 Å². The quantitative estimate of drug-likeness (QED) is 0.829. The zero-order valence-corrected chi connectivity index (χ0v) is 12.8. The lowest BCUT2D eigenvalue weighted by Crippen LogP contribution is -2.32. The molecule has 98 valence electrons. The number of nitrogens with zero attached hydrogens (tertiary/aromatic N) is 2. The Kier molecular flexibility index (Phi) is 6.48. The van der Waals surface area contributed by atoms with Crippen molar-refractivity contribution in [3.8, 4) is 0 Å². The van der Waals surface area contributed by atoms with Crippen molar-refractivity contribution < 1.29 is 0 Å². The molecular formula is C12H23N3S2. The second kappa shape index (κ2) is 7.36. The van der Waals surface area contributed by atoms with Gasteiger partial charge in [0.15, 0.2) is 0 Å². The van der Waals surface area contributed by atoms with Gasteiger partial charge in [-0.2, -0.15) is 11.8 Å². The van der Waals surface area contributed by atoms with Crippen LogP contribution in [0.25, 0.3) is 0 Å². The second-order valence-corrected chi connectivity index (χ2v) is 6.20. The molecule has 0 fully saturated rings. The average molecular weight is 273 g/mol. The summed E-state index contributed by atoms with van der Waals surface area (Å²) in [5.41, 5.74) is 6.97. The predicted octanol–water partition coefficient (Wildman–Crippen LogP) is 2.74. The predicted molar refractivity (Wildman–Crippen MR) is 78.6 cm³/mol. The molecule has 0 radical (unpaired) electrons. The SMILES string of the molecule is CCC(CSC)N(C)Cc1csc(C(C)N)n1. The largest absolute Gasteiger partial charge is 0.322 e. The molecule has 1 heterocycles. The van der Waals surface area contributed by atoms with E-state index in [4.69, 9.17) is 5.73 Å². The highest BCUT2D eigenvalue weighted by molar-refractivity contribution is 7.98. The number of thiazole rings is 1. The maximum Gasteiger partial charge on any atom is 0.109 e. The van der Waals surface area contributed by atoms with Gasteiger partial charge in [0.2, 0.25) is 0 Å². The van der Waals surface area contributed by atoms with E-state index in [-0.39, 0.29) is 6.04 Å². The minimum Gasteiger partial charge on any atom is -0.322 e. The molecule has 0 saturated carbocycles. The van der Waals surface area contributed by atoms with E-state index in [9.17, 15) is 0 Å². The van der Waals surface area contributed by atoms with Crippen LogP contribution in [-0.4, -0.2) is 35.0 Å². The smallest absolute Gasteiger partial charge is 0.109 e. The van der Waals surface area contributed by atoms with Crippen LogP contribution in [0.15, 0.2) is 5.38 Å². The molecule has 0 aromatic carbocycles. The lowest BCUT2D eigenvalue weighted by Gasteiger charge is -2.25. The van der Waals surface area contributed by atoms with Crippen molar-refractivity contribution in [3.05, 3.63) is 16.1 Å². The number of thioether (sulfide) groups is 1. The van der Waals surface area contributed by atoms with Gasteiger partial charge < -0.3 is 5.73 Å². The van der Waals surface area contributed by atoms with Crippen molar-refractivity contribution in [1.82, 2.24) is 9.88 Å². The topological polar surface area (TPSA) is 42.1 Å². The average Bonchev–Trinajstić information content (AvgIpc) is 2.74. The minimum atomic E-state index is 0.0484. The van der Waals surface area contributed by atoms with Gasteiger partial charge in [-0.1, -0.05) is 6.92 Å². The summed E-state index contributed by atoms with van der Waals surface area (Å²) in [6, 6.07) is 0.678. The Morgan fingerprint density at radius 2 is 2.29 bits per heavy atom. The summed E-state index contributed by atoms with van der Waals surface area (Å²) in [5.74, 6) is 1.18. The van der Waals surface area contributed by atoms with E-state index in [1.54, 1.807) is 11.3 Å². The Balaban J connectivity index is 2.56. The van der Waals surface area contributed by atoms with Crippen molar-refractivity contribution in [1.29, 1.82) is 0 Å². The van der Waals surface area contributed by atoms with Crippen LogP contribution >= 0.6 is 23.1 Å². The highest BCUT2D eigenvalue weighted by Gasteiger charge is 2.14. The van der Waals surface area contributed by atoms with Gasteiger partial charge in [-0.3, -0.25) is 4.90 Å². The molecule has 0 aliphatic heterocycles. The molecule has 2 N–H and O–H groups in total. The standard InChI is InChI=1S/C12H23N3S2/c1-5-11(8-16-4)15(3)6-10-7-17-12(14-10)9(2)13/h7,9,11H,5-6,8,13H2,1-4H3. The summed E-state index contributed by atoms with van der Waals surface area (Å²) in [4.78, 5) is 6.96. The summed E-state index contributed by atoms with van der Waals surface area (Å²) in [5, 5.41) is 3.16. The van der Waals surface area contributed by atoms with Gasteiger partial charge in [0, 0.05) is 23.7 Å². The van der Waals surface area contributed by atoms with E-state index in [1.807, 2.05) is 18.7 Å². The number of nitrogens with two attached hydrogens (primary N) is 1.